The quantitative estimate of drug-likeness (QED) is 0.780. The summed E-state index contributed by atoms with van der Waals surface area (Å²) in [4.78, 5) is 24.0. The molecule has 0 spiro atoms. The van der Waals surface area contributed by atoms with Crippen molar-refractivity contribution in [3.63, 3.8) is 0 Å². The number of benzene rings is 1. The fourth-order valence-electron chi connectivity index (χ4n) is 2.74. The van der Waals surface area contributed by atoms with Crippen LogP contribution in [0.4, 0.5) is 0 Å². The minimum atomic E-state index is -0.625. The lowest BCUT2D eigenvalue weighted by Gasteiger charge is -2.18. The Hall–Kier alpha value is -2.75. The first-order chi connectivity index (χ1) is 12.0. The molecule has 7 heteroatoms. The zero-order valence-electron chi connectivity index (χ0n) is 14.5. The van der Waals surface area contributed by atoms with E-state index in [2.05, 4.69) is 10.6 Å². The monoisotopic (exact) mass is 345 g/mol. The summed E-state index contributed by atoms with van der Waals surface area (Å²) in [7, 11) is 1.46. The Kier molecular flexibility index (Phi) is 6.63. The maximum Gasteiger partial charge on any atom is 0.258 e. The molecule has 1 fully saturated rings. The van der Waals surface area contributed by atoms with E-state index in [0.29, 0.717) is 17.1 Å². The van der Waals surface area contributed by atoms with Crippen molar-refractivity contribution in [1.29, 1.82) is 5.26 Å². The molecule has 0 bridgehead atoms. The van der Waals surface area contributed by atoms with Gasteiger partial charge in [0.05, 0.1) is 18.7 Å². The zero-order chi connectivity index (χ0) is 18.2. The second-order valence-corrected chi connectivity index (χ2v) is 6.05. The highest BCUT2D eigenvalue weighted by atomic mass is 16.5. The SMILES string of the molecule is COc1cc(C#N)ccc1OCC(=O)N[C@@H](C)C(=O)NC1CCCC1. The molecule has 1 atom stereocenters. The summed E-state index contributed by atoms with van der Waals surface area (Å²) in [6, 6.07) is 6.27. The lowest BCUT2D eigenvalue weighted by Crippen LogP contribution is -2.48. The van der Waals surface area contributed by atoms with Gasteiger partial charge in [-0.3, -0.25) is 9.59 Å². The fraction of sp³-hybridized carbons (Fsp3) is 0.500. The van der Waals surface area contributed by atoms with Crippen LogP contribution < -0.4 is 20.1 Å². The number of carbonyl (C=O) groups excluding carboxylic acids is 2. The molecular weight excluding hydrogens is 322 g/mol. The molecule has 1 aromatic carbocycles. The van der Waals surface area contributed by atoms with Crippen LogP contribution in [0.2, 0.25) is 0 Å². The molecule has 1 saturated carbocycles. The molecule has 0 radical (unpaired) electrons. The normalized spacial score (nSPS) is 15.1. The lowest BCUT2D eigenvalue weighted by molar-refractivity contribution is -0.130. The summed E-state index contributed by atoms with van der Waals surface area (Å²) >= 11 is 0. The summed E-state index contributed by atoms with van der Waals surface area (Å²) in [5.41, 5.74) is 0.436. The van der Waals surface area contributed by atoms with E-state index in [9.17, 15) is 9.59 Å². The van der Waals surface area contributed by atoms with E-state index in [4.69, 9.17) is 14.7 Å². The summed E-state index contributed by atoms with van der Waals surface area (Å²) in [5.74, 6) is 0.148. The molecular formula is C18H23N3O4. The number of amides is 2. The predicted molar refractivity (Wildman–Crippen MR) is 91.2 cm³/mol. The van der Waals surface area contributed by atoms with Gasteiger partial charge in [-0.2, -0.15) is 5.26 Å². The molecule has 25 heavy (non-hydrogen) atoms. The van der Waals surface area contributed by atoms with Crippen LogP contribution in [-0.4, -0.2) is 37.6 Å². The minimum Gasteiger partial charge on any atom is -0.493 e. The summed E-state index contributed by atoms with van der Waals surface area (Å²) in [5, 5.41) is 14.4. The minimum absolute atomic E-state index is 0.184. The maximum atomic E-state index is 12.1. The molecule has 0 unspecified atom stereocenters. The van der Waals surface area contributed by atoms with Crippen LogP contribution in [-0.2, 0) is 9.59 Å². The average molecular weight is 345 g/mol. The number of nitriles is 1. The molecule has 1 aliphatic carbocycles. The molecule has 1 aromatic rings. The molecule has 2 amide bonds. The van der Waals surface area contributed by atoms with E-state index in [0.717, 1.165) is 25.7 Å². The summed E-state index contributed by atoms with van der Waals surface area (Å²) < 4.78 is 10.6. The van der Waals surface area contributed by atoms with Gasteiger partial charge in [0.1, 0.15) is 6.04 Å². The van der Waals surface area contributed by atoms with E-state index in [1.165, 1.54) is 13.2 Å². The van der Waals surface area contributed by atoms with Gasteiger partial charge in [-0.15, -0.1) is 0 Å². The van der Waals surface area contributed by atoms with Crippen molar-refractivity contribution in [2.75, 3.05) is 13.7 Å². The summed E-state index contributed by atoms with van der Waals surface area (Å²) in [6.45, 7) is 1.40. The van der Waals surface area contributed by atoms with Gasteiger partial charge in [0, 0.05) is 12.1 Å². The first-order valence-corrected chi connectivity index (χ1v) is 8.34. The van der Waals surface area contributed by atoms with Gasteiger partial charge in [0.2, 0.25) is 5.91 Å². The van der Waals surface area contributed by atoms with Crippen LogP contribution in [0.5, 0.6) is 11.5 Å². The highest BCUT2D eigenvalue weighted by molar-refractivity contribution is 5.88. The van der Waals surface area contributed by atoms with Crippen molar-refractivity contribution in [1.82, 2.24) is 10.6 Å². The van der Waals surface area contributed by atoms with E-state index >= 15 is 0 Å². The van der Waals surface area contributed by atoms with Crippen LogP contribution in [0.25, 0.3) is 0 Å². The highest BCUT2D eigenvalue weighted by Crippen LogP contribution is 2.27. The number of nitrogens with one attached hydrogen (secondary N) is 2. The first kappa shape index (κ1) is 18.6. The van der Waals surface area contributed by atoms with Crippen molar-refractivity contribution in [3.05, 3.63) is 23.8 Å². The van der Waals surface area contributed by atoms with Crippen LogP contribution >= 0.6 is 0 Å². The van der Waals surface area contributed by atoms with Crippen molar-refractivity contribution in [3.8, 4) is 17.6 Å². The van der Waals surface area contributed by atoms with Crippen molar-refractivity contribution < 1.29 is 19.1 Å². The molecule has 0 aliphatic heterocycles. The standard InChI is InChI=1S/C18H23N3O4/c1-12(18(23)21-14-5-3-4-6-14)20-17(22)11-25-15-8-7-13(10-19)9-16(15)24-2/h7-9,12,14H,3-6,11H2,1-2H3,(H,20,22)(H,21,23)/t12-/m0/s1. The van der Waals surface area contributed by atoms with Gasteiger partial charge in [-0.25, -0.2) is 0 Å². The molecule has 0 saturated heterocycles. The van der Waals surface area contributed by atoms with E-state index in [1.54, 1.807) is 19.1 Å². The largest absolute Gasteiger partial charge is 0.493 e. The van der Waals surface area contributed by atoms with Gasteiger partial charge in [-0.05, 0) is 31.9 Å². The van der Waals surface area contributed by atoms with Gasteiger partial charge in [0.15, 0.2) is 18.1 Å². The number of carbonyl (C=O) groups is 2. The second-order valence-electron chi connectivity index (χ2n) is 6.05. The average Bonchev–Trinajstić information content (AvgIpc) is 3.12. The second kappa shape index (κ2) is 8.92. The van der Waals surface area contributed by atoms with Crippen LogP contribution in [0.1, 0.15) is 38.2 Å². The van der Waals surface area contributed by atoms with E-state index < -0.39 is 11.9 Å². The molecule has 1 aliphatic rings. The van der Waals surface area contributed by atoms with E-state index in [-0.39, 0.29) is 18.6 Å². The lowest BCUT2D eigenvalue weighted by atomic mass is 10.2. The zero-order valence-corrected chi connectivity index (χ0v) is 14.5. The fourth-order valence-corrected chi connectivity index (χ4v) is 2.74. The molecule has 0 heterocycles. The smallest absolute Gasteiger partial charge is 0.258 e. The van der Waals surface area contributed by atoms with E-state index in [1.807, 2.05) is 6.07 Å². The Labute approximate surface area is 147 Å². The van der Waals surface area contributed by atoms with Crippen LogP contribution in [0.3, 0.4) is 0 Å². The third kappa shape index (κ3) is 5.38. The maximum absolute atomic E-state index is 12.1. The van der Waals surface area contributed by atoms with Gasteiger partial charge in [0.25, 0.3) is 5.91 Å². The Morgan fingerprint density at radius 2 is 2.04 bits per heavy atom. The van der Waals surface area contributed by atoms with Crippen molar-refractivity contribution in [2.24, 2.45) is 0 Å². The van der Waals surface area contributed by atoms with Crippen molar-refractivity contribution in [2.45, 2.75) is 44.7 Å². The Morgan fingerprint density at radius 3 is 2.68 bits per heavy atom. The molecule has 0 aromatic heterocycles. The number of rotatable bonds is 7. The molecule has 7 nitrogen and oxygen atoms in total. The van der Waals surface area contributed by atoms with Crippen LogP contribution in [0, 0.1) is 11.3 Å². The highest BCUT2D eigenvalue weighted by Gasteiger charge is 2.21. The van der Waals surface area contributed by atoms with Gasteiger partial charge in [-0.1, -0.05) is 12.8 Å². The Bertz CT molecular complexity index is 663. The van der Waals surface area contributed by atoms with Gasteiger partial charge >= 0.3 is 0 Å². The number of nitrogens with zero attached hydrogens (tertiary/aromatic N) is 1. The first-order valence-electron chi connectivity index (χ1n) is 8.34. The topological polar surface area (TPSA) is 100 Å². The van der Waals surface area contributed by atoms with Gasteiger partial charge < -0.3 is 20.1 Å². The predicted octanol–water partition coefficient (Wildman–Crippen LogP) is 1.51. The number of methoxy groups -OCH3 is 1. The van der Waals surface area contributed by atoms with Crippen LogP contribution in [0.15, 0.2) is 18.2 Å². The molecule has 2 rings (SSSR count). The third-order valence-electron chi connectivity index (χ3n) is 4.12. The number of hydrogen-bond donors (Lipinski definition) is 2. The summed E-state index contributed by atoms with van der Waals surface area (Å²) in [6.07, 6.45) is 4.25. The molecule has 134 valence electrons. The third-order valence-corrected chi connectivity index (χ3v) is 4.12. The number of hydrogen-bond acceptors (Lipinski definition) is 5. The Morgan fingerprint density at radius 1 is 1.32 bits per heavy atom. The van der Waals surface area contributed by atoms with Crippen molar-refractivity contribution >= 4 is 11.8 Å². The number of ether oxygens (including phenoxy) is 2. The Balaban J connectivity index is 1.81. The molecule has 2 N–H and O–H groups in total.